The van der Waals surface area contributed by atoms with E-state index in [1.807, 2.05) is 0 Å². The molecule has 0 saturated heterocycles. The number of rotatable bonds is 6. The molecule has 2 fully saturated rings. The Kier molecular flexibility index (Phi) is 3.58. The minimum Gasteiger partial charge on any atom is -0.370 e. The molecule has 1 aromatic heterocycles. The van der Waals surface area contributed by atoms with E-state index in [9.17, 15) is 0 Å². The number of hydrogen-bond donors (Lipinski definition) is 2. The molecule has 0 spiro atoms. The van der Waals surface area contributed by atoms with Gasteiger partial charge in [0.05, 0.1) is 0 Å². The summed E-state index contributed by atoms with van der Waals surface area (Å²) in [4.78, 5) is 9.48. The third kappa shape index (κ3) is 2.82. The molecule has 0 aliphatic heterocycles. The van der Waals surface area contributed by atoms with Crippen molar-refractivity contribution in [2.24, 2.45) is 0 Å². The number of anilines is 2. The Morgan fingerprint density at radius 2 is 1.84 bits per heavy atom. The number of hydrogen-bond acceptors (Lipinski definition) is 4. The van der Waals surface area contributed by atoms with Gasteiger partial charge in [-0.15, -0.1) is 0 Å². The highest BCUT2D eigenvalue weighted by atomic mass is 15.1. The zero-order valence-corrected chi connectivity index (χ0v) is 12.0. The highest BCUT2D eigenvalue weighted by Gasteiger charge is 2.29. The van der Waals surface area contributed by atoms with Crippen molar-refractivity contribution < 1.29 is 0 Å². The summed E-state index contributed by atoms with van der Waals surface area (Å²) in [6.07, 6.45) is 7.52. The van der Waals surface area contributed by atoms with E-state index < -0.39 is 0 Å². The molecule has 2 aliphatic rings. The Bertz CT molecular complexity index is 450. The molecule has 104 valence electrons. The first-order valence-corrected chi connectivity index (χ1v) is 7.67. The van der Waals surface area contributed by atoms with Crippen LogP contribution in [0.1, 0.15) is 62.8 Å². The topological polar surface area (TPSA) is 49.8 Å². The molecular weight excluding hydrogens is 236 g/mol. The lowest BCUT2D eigenvalue weighted by molar-refractivity contribution is 0.444. The number of aromatic nitrogens is 2. The van der Waals surface area contributed by atoms with Gasteiger partial charge >= 0.3 is 0 Å². The van der Waals surface area contributed by atoms with Gasteiger partial charge in [0.1, 0.15) is 17.5 Å². The van der Waals surface area contributed by atoms with Gasteiger partial charge in [0.25, 0.3) is 0 Å². The molecule has 0 amide bonds. The van der Waals surface area contributed by atoms with Gasteiger partial charge in [-0.2, -0.15) is 0 Å². The minimum atomic E-state index is 0.602. The van der Waals surface area contributed by atoms with Crippen LogP contribution in [0.25, 0.3) is 0 Å². The minimum absolute atomic E-state index is 0.602. The van der Waals surface area contributed by atoms with E-state index in [-0.39, 0.29) is 0 Å². The summed E-state index contributed by atoms with van der Waals surface area (Å²) in [7, 11) is 0. The molecule has 0 atom stereocenters. The second-order valence-electron chi connectivity index (χ2n) is 5.88. The Morgan fingerprint density at radius 3 is 2.42 bits per heavy atom. The van der Waals surface area contributed by atoms with Crippen molar-refractivity contribution >= 4 is 11.6 Å². The SMILES string of the molecule is CCCNc1nc(C2CC2)nc(NC2CCC2)c1C. The zero-order valence-electron chi connectivity index (χ0n) is 12.0. The van der Waals surface area contributed by atoms with Crippen molar-refractivity contribution in [3.05, 3.63) is 11.4 Å². The molecule has 4 nitrogen and oxygen atoms in total. The molecule has 2 saturated carbocycles. The van der Waals surface area contributed by atoms with Crippen LogP contribution in [0.15, 0.2) is 0 Å². The zero-order chi connectivity index (χ0) is 13.2. The second-order valence-corrected chi connectivity index (χ2v) is 5.88. The lowest BCUT2D eigenvalue weighted by atomic mass is 9.93. The van der Waals surface area contributed by atoms with Crippen LogP contribution >= 0.6 is 0 Å². The van der Waals surface area contributed by atoms with Crippen LogP contribution in [-0.2, 0) is 0 Å². The van der Waals surface area contributed by atoms with Crippen molar-refractivity contribution in [3.8, 4) is 0 Å². The molecule has 4 heteroatoms. The van der Waals surface area contributed by atoms with Crippen LogP contribution in [0.4, 0.5) is 11.6 Å². The summed E-state index contributed by atoms with van der Waals surface area (Å²) in [6.45, 7) is 5.28. The summed E-state index contributed by atoms with van der Waals surface area (Å²) in [5.74, 6) is 3.72. The van der Waals surface area contributed by atoms with E-state index in [0.29, 0.717) is 12.0 Å². The average molecular weight is 260 g/mol. The lowest BCUT2D eigenvalue weighted by Gasteiger charge is -2.28. The van der Waals surface area contributed by atoms with E-state index in [2.05, 4.69) is 24.5 Å². The van der Waals surface area contributed by atoms with E-state index in [4.69, 9.17) is 9.97 Å². The van der Waals surface area contributed by atoms with Crippen molar-refractivity contribution in [3.63, 3.8) is 0 Å². The highest BCUT2D eigenvalue weighted by molar-refractivity contribution is 5.58. The van der Waals surface area contributed by atoms with Gasteiger partial charge in [0, 0.05) is 24.1 Å². The predicted molar refractivity (Wildman–Crippen MR) is 78.8 cm³/mol. The fraction of sp³-hybridized carbons (Fsp3) is 0.733. The third-order valence-electron chi connectivity index (χ3n) is 4.09. The summed E-state index contributed by atoms with van der Waals surface area (Å²) >= 11 is 0. The number of nitrogens with one attached hydrogen (secondary N) is 2. The van der Waals surface area contributed by atoms with Gasteiger partial charge < -0.3 is 10.6 Å². The molecule has 2 aliphatic carbocycles. The molecule has 1 aromatic rings. The Hall–Kier alpha value is -1.32. The van der Waals surface area contributed by atoms with E-state index in [1.54, 1.807) is 0 Å². The van der Waals surface area contributed by atoms with Gasteiger partial charge in [0.2, 0.25) is 0 Å². The summed E-state index contributed by atoms with van der Waals surface area (Å²) < 4.78 is 0. The predicted octanol–water partition coefficient (Wildman–Crippen LogP) is 3.45. The van der Waals surface area contributed by atoms with Crippen LogP contribution in [0.3, 0.4) is 0 Å². The molecule has 19 heavy (non-hydrogen) atoms. The molecule has 0 radical (unpaired) electrons. The highest BCUT2D eigenvalue weighted by Crippen LogP contribution is 2.40. The molecule has 3 rings (SSSR count). The summed E-state index contributed by atoms with van der Waals surface area (Å²) in [5.41, 5.74) is 1.17. The largest absolute Gasteiger partial charge is 0.370 e. The van der Waals surface area contributed by atoms with E-state index >= 15 is 0 Å². The Morgan fingerprint density at radius 1 is 1.11 bits per heavy atom. The maximum absolute atomic E-state index is 4.76. The lowest BCUT2D eigenvalue weighted by Crippen LogP contribution is -2.28. The summed E-state index contributed by atoms with van der Waals surface area (Å²) in [5, 5.41) is 7.04. The molecule has 2 N–H and O–H groups in total. The summed E-state index contributed by atoms with van der Waals surface area (Å²) in [6, 6.07) is 0.625. The molecule has 0 aromatic carbocycles. The first-order chi connectivity index (χ1) is 9.28. The van der Waals surface area contributed by atoms with Crippen LogP contribution in [0.5, 0.6) is 0 Å². The van der Waals surface area contributed by atoms with E-state index in [0.717, 1.165) is 30.4 Å². The van der Waals surface area contributed by atoms with E-state index in [1.165, 1.54) is 37.7 Å². The van der Waals surface area contributed by atoms with Crippen LogP contribution in [0, 0.1) is 6.92 Å². The average Bonchev–Trinajstić information content (AvgIpc) is 3.18. The monoisotopic (exact) mass is 260 g/mol. The first kappa shape index (κ1) is 12.7. The molecular formula is C15H24N4. The van der Waals surface area contributed by atoms with Gasteiger partial charge in [-0.05, 0) is 45.4 Å². The van der Waals surface area contributed by atoms with Gasteiger partial charge in [-0.3, -0.25) is 0 Å². The van der Waals surface area contributed by atoms with Crippen molar-refractivity contribution in [2.75, 3.05) is 17.2 Å². The molecule has 0 unspecified atom stereocenters. The van der Waals surface area contributed by atoms with Crippen LogP contribution in [-0.4, -0.2) is 22.6 Å². The first-order valence-electron chi connectivity index (χ1n) is 7.67. The van der Waals surface area contributed by atoms with Crippen molar-refractivity contribution in [1.29, 1.82) is 0 Å². The smallest absolute Gasteiger partial charge is 0.136 e. The van der Waals surface area contributed by atoms with Crippen LogP contribution < -0.4 is 10.6 Å². The van der Waals surface area contributed by atoms with Gasteiger partial charge in [-0.1, -0.05) is 6.92 Å². The van der Waals surface area contributed by atoms with Gasteiger partial charge in [-0.25, -0.2) is 9.97 Å². The maximum Gasteiger partial charge on any atom is 0.136 e. The second kappa shape index (κ2) is 5.35. The maximum atomic E-state index is 4.76. The van der Waals surface area contributed by atoms with Crippen molar-refractivity contribution in [2.45, 2.75) is 64.3 Å². The van der Waals surface area contributed by atoms with Gasteiger partial charge in [0.15, 0.2) is 0 Å². The fourth-order valence-electron chi connectivity index (χ4n) is 2.36. The molecule has 0 bridgehead atoms. The normalized spacial score (nSPS) is 19.1. The van der Waals surface area contributed by atoms with Crippen LogP contribution in [0.2, 0.25) is 0 Å². The van der Waals surface area contributed by atoms with Crippen molar-refractivity contribution in [1.82, 2.24) is 9.97 Å². The molecule has 1 heterocycles. The quantitative estimate of drug-likeness (QED) is 0.822. The standard InChI is InChI=1S/C15H24N4/c1-3-9-16-13-10(2)14(17-12-5-4-6-12)19-15(18-13)11-7-8-11/h11-12H,3-9H2,1-2H3,(H2,16,17,18,19). The Balaban J connectivity index is 1.84. The third-order valence-corrected chi connectivity index (χ3v) is 4.09. The Labute approximate surface area is 115 Å². The number of nitrogens with zero attached hydrogens (tertiary/aromatic N) is 2. The fourth-order valence-corrected chi connectivity index (χ4v) is 2.36.